The average molecular weight is 421 g/mol. The smallest absolute Gasteiger partial charge is 0.340 e. The Balaban J connectivity index is 1.92. The molecule has 0 fully saturated rings. The number of fused-ring (bicyclic) bond motifs is 1. The van der Waals surface area contributed by atoms with Crippen LogP contribution < -0.4 is 10.1 Å². The number of esters is 2. The van der Waals surface area contributed by atoms with E-state index in [1.165, 1.54) is 43.3 Å². The second kappa shape index (κ2) is 8.28. The summed E-state index contributed by atoms with van der Waals surface area (Å²) in [7, 11) is 0. The highest BCUT2D eigenvalue weighted by molar-refractivity contribution is 6.12. The molecule has 0 aliphatic carbocycles. The first kappa shape index (κ1) is 21.5. The van der Waals surface area contributed by atoms with E-state index >= 15 is 0 Å². The number of rotatable bonds is 4. The van der Waals surface area contributed by atoms with Crippen LogP contribution in [0.5, 0.6) is 5.75 Å². The Bertz CT molecular complexity index is 1230. The Morgan fingerprint density at radius 1 is 1.13 bits per heavy atom. The minimum absolute atomic E-state index is 0.0242. The fraction of sp³-hybridized carbons (Fsp3) is 0.227. The third-order valence-electron chi connectivity index (χ3n) is 3.94. The number of benzene rings is 2. The molecule has 3 aromatic rings. The lowest BCUT2D eigenvalue weighted by atomic mass is 10.1. The number of nitrogens with one attached hydrogen (secondary N) is 1. The van der Waals surface area contributed by atoms with E-state index in [-0.39, 0.29) is 33.8 Å². The molecule has 1 aromatic heterocycles. The molecular formula is C22H19N3O6. The summed E-state index contributed by atoms with van der Waals surface area (Å²) in [6, 6.07) is 10.7. The molecule has 0 saturated carbocycles. The van der Waals surface area contributed by atoms with Gasteiger partial charge in [-0.25, -0.2) is 4.79 Å². The second-order valence-electron chi connectivity index (χ2n) is 7.61. The van der Waals surface area contributed by atoms with E-state index in [1.54, 1.807) is 20.8 Å². The van der Waals surface area contributed by atoms with Crippen LogP contribution in [-0.4, -0.2) is 28.6 Å². The van der Waals surface area contributed by atoms with Gasteiger partial charge in [-0.15, -0.1) is 0 Å². The van der Waals surface area contributed by atoms with Crippen molar-refractivity contribution >= 4 is 34.5 Å². The number of carbonyl (C=O) groups excluding carboxylic acids is 3. The first-order valence-corrected chi connectivity index (χ1v) is 9.24. The number of aromatic nitrogens is 1. The maximum atomic E-state index is 12.8. The Morgan fingerprint density at radius 3 is 2.52 bits per heavy atom. The predicted molar refractivity (Wildman–Crippen MR) is 110 cm³/mol. The summed E-state index contributed by atoms with van der Waals surface area (Å²) in [5.74, 6) is -1.56. The van der Waals surface area contributed by atoms with Crippen LogP contribution in [0.15, 0.2) is 40.9 Å². The lowest BCUT2D eigenvalue weighted by molar-refractivity contribution is -0.131. The molecule has 0 radical (unpaired) electrons. The summed E-state index contributed by atoms with van der Waals surface area (Å²) in [5, 5.41) is 15.9. The third kappa shape index (κ3) is 5.05. The van der Waals surface area contributed by atoms with Gasteiger partial charge in [0.2, 0.25) is 0 Å². The van der Waals surface area contributed by atoms with Crippen molar-refractivity contribution in [2.24, 2.45) is 0 Å². The van der Waals surface area contributed by atoms with E-state index in [4.69, 9.17) is 19.3 Å². The van der Waals surface area contributed by atoms with Crippen molar-refractivity contribution in [2.45, 2.75) is 33.3 Å². The van der Waals surface area contributed by atoms with E-state index in [0.717, 1.165) is 0 Å². The van der Waals surface area contributed by atoms with Crippen LogP contribution in [0.1, 0.15) is 54.1 Å². The average Bonchev–Trinajstić information content (AvgIpc) is 3.09. The van der Waals surface area contributed by atoms with Crippen LogP contribution in [-0.2, 0) is 9.53 Å². The van der Waals surface area contributed by atoms with Gasteiger partial charge in [0.05, 0.1) is 28.3 Å². The van der Waals surface area contributed by atoms with Crippen LogP contribution in [0.4, 0.5) is 5.69 Å². The van der Waals surface area contributed by atoms with Gasteiger partial charge in [-0.2, -0.15) is 5.26 Å². The fourth-order valence-electron chi connectivity index (χ4n) is 2.72. The number of nitriles is 1. The minimum Gasteiger partial charge on any atom is -0.456 e. The number of nitrogens with zero attached hydrogens (tertiary/aromatic N) is 2. The molecule has 3 rings (SSSR count). The molecule has 2 aromatic carbocycles. The summed E-state index contributed by atoms with van der Waals surface area (Å²) in [6.07, 6.45) is 0. The summed E-state index contributed by atoms with van der Waals surface area (Å²) in [4.78, 5) is 36.5. The number of hydrogen-bond donors (Lipinski definition) is 1. The molecule has 9 nitrogen and oxygen atoms in total. The van der Waals surface area contributed by atoms with E-state index in [0.29, 0.717) is 5.39 Å². The molecule has 158 valence electrons. The molecule has 1 heterocycles. The fourth-order valence-corrected chi connectivity index (χ4v) is 2.72. The monoisotopic (exact) mass is 421 g/mol. The summed E-state index contributed by atoms with van der Waals surface area (Å²) in [6.45, 7) is 6.40. The number of carbonyl (C=O) groups is 3. The number of anilines is 1. The van der Waals surface area contributed by atoms with Gasteiger partial charge in [0, 0.05) is 13.0 Å². The maximum Gasteiger partial charge on any atom is 0.340 e. The Morgan fingerprint density at radius 2 is 1.87 bits per heavy atom. The van der Waals surface area contributed by atoms with Gasteiger partial charge in [-0.05, 0) is 51.1 Å². The van der Waals surface area contributed by atoms with Crippen LogP contribution >= 0.6 is 0 Å². The molecule has 0 aliphatic rings. The zero-order valence-corrected chi connectivity index (χ0v) is 17.3. The van der Waals surface area contributed by atoms with Gasteiger partial charge in [0.25, 0.3) is 5.91 Å². The first-order chi connectivity index (χ1) is 14.6. The van der Waals surface area contributed by atoms with Crippen molar-refractivity contribution in [3.8, 4) is 11.8 Å². The Kier molecular flexibility index (Phi) is 5.75. The second-order valence-corrected chi connectivity index (χ2v) is 7.61. The molecule has 1 amide bonds. The zero-order chi connectivity index (χ0) is 22.8. The van der Waals surface area contributed by atoms with Crippen molar-refractivity contribution < 1.29 is 28.4 Å². The topological polar surface area (TPSA) is 132 Å². The molecule has 0 spiro atoms. The van der Waals surface area contributed by atoms with E-state index in [1.807, 2.05) is 6.07 Å². The molecular weight excluding hydrogens is 402 g/mol. The van der Waals surface area contributed by atoms with Crippen molar-refractivity contribution in [1.82, 2.24) is 5.16 Å². The Labute approximate surface area is 177 Å². The SMILES string of the molecule is CC(=O)Oc1ccc2c(C(=O)Nc3ccc(C#N)cc3C(=O)OC(C)(C)C)noc2c1. The van der Waals surface area contributed by atoms with Gasteiger partial charge < -0.3 is 19.3 Å². The Hall–Kier alpha value is -4.19. The molecule has 1 N–H and O–H groups in total. The highest BCUT2D eigenvalue weighted by Crippen LogP contribution is 2.26. The van der Waals surface area contributed by atoms with Crippen molar-refractivity contribution in [3.05, 3.63) is 53.2 Å². The van der Waals surface area contributed by atoms with Gasteiger partial charge in [0.15, 0.2) is 11.3 Å². The van der Waals surface area contributed by atoms with Gasteiger partial charge in [-0.3, -0.25) is 9.59 Å². The van der Waals surface area contributed by atoms with Crippen molar-refractivity contribution in [2.75, 3.05) is 5.32 Å². The zero-order valence-electron chi connectivity index (χ0n) is 17.3. The van der Waals surface area contributed by atoms with Crippen LogP contribution in [0.3, 0.4) is 0 Å². The lowest BCUT2D eigenvalue weighted by Crippen LogP contribution is -2.25. The third-order valence-corrected chi connectivity index (χ3v) is 3.94. The van der Waals surface area contributed by atoms with Crippen LogP contribution in [0, 0.1) is 11.3 Å². The molecule has 0 aliphatic heterocycles. The van der Waals surface area contributed by atoms with Gasteiger partial charge >= 0.3 is 11.9 Å². The molecule has 31 heavy (non-hydrogen) atoms. The highest BCUT2D eigenvalue weighted by Gasteiger charge is 2.24. The molecule has 0 atom stereocenters. The lowest BCUT2D eigenvalue weighted by Gasteiger charge is -2.20. The summed E-state index contributed by atoms with van der Waals surface area (Å²) in [5.41, 5.74) is -0.106. The number of amides is 1. The molecule has 0 unspecified atom stereocenters. The molecule has 9 heteroatoms. The minimum atomic E-state index is -0.761. The van der Waals surface area contributed by atoms with Crippen molar-refractivity contribution in [3.63, 3.8) is 0 Å². The largest absolute Gasteiger partial charge is 0.456 e. The quantitative estimate of drug-likeness (QED) is 0.496. The van der Waals surface area contributed by atoms with E-state index < -0.39 is 23.4 Å². The highest BCUT2D eigenvalue weighted by atomic mass is 16.6. The maximum absolute atomic E-state index is 12.8. The van der Waals surface area contributed by atoms with E-state index in [9.17, 15) is 14.4 Å². The molecule has 0 bridgehead atoms. The standard InChI is InChI=1S/C22H19N3O6/c1-12(26)29-14-6-7-15-18(10-14)31-25-19(15)20(27)24-17-8-5-13(11-23)9-16(17)21(28)30-22(2,3)4/h5-10H,1-4H3,(H,24,27). The van der Waals surface area contributed by atoms with Crippen molar-refractivity contribution in [1.29, 1.82) is 5.26 Å². The summed E-state index contributed by atoms with van der Waals surface area (Å²) < 4.78 is 15.5. The predicted octanol–water partition coefficient (Wildman–Crippen LogP) is 3.83. The van der Waals surface area contributed by atoms with E-state index in [2.05, 4.69) is 10.5 Å². The molecule has 0 saturated heterocycles. The van der Waals surface area contributed by atoms with Gasteiger partial charge in [-0.1, -0.05) is 5.16 Å². The van der Waals surface area contributed by atoms with Crippen LogP contribution in [0.25, 0.3) is 11.0 Å². The van der Waals surface area contributed by atoms with Crippen LogP contribution in [0.2, 0.25) is 0 Å². The van der Waals surface area contributed by atoms with Gasteiger partial charge in [0.1, 0.15) is 11.4 Å². The first-order valence-electron chi connectivity index (χ1n) is 9.24. The summed E-state index contributed by atoms with van der Waals surface area (Å²) >= 11 is 0. The number of hydrogen-bond acceptors (Lipinski definition) is 8. The normalized spacial score (nSPS) is 10.9. The number of ether oxygens (including phenoxy) is 2.